The van der Waals surface area contributed by atoms with E-state index in [2.05, 4.69) is 6.92 Å². The maximum atomic E-state index is 13.3. The maximum Gasteiger partial charge on any atom is 0.257 e. The molecule has 0 spiro atoms. The molecule has 0 saturated carbocycles. The van der Waals surface area contributed by atoms with Crippen LogP contribution in [-0.4, -0.2) is 29.7 Å². The summed E-state index contributed by atoms with van der Waals surface area (Å²) in [6, 6.07) is 15.2. The number of nitrogens with zero attached hydrogens (tertiary/aromatic N) is 1. The van der Waals surface area contributed by atoms with Crippen molar-refractivity contribution in [3.8, 4) is 0 Å². The Balaban J connectivity index is 1.58. The van der Waals surface area contributed by atoms with Gasteiger partial charge in [-0.3, -0.25) is 4.79 Å². The fourth-order valence-electron chi connectivity index (χ4n) is 3.71. The van der Waals surface area contributed by atoms with Crippen molar-refractivity contribution in [3.63, 3.8) is 0 Å². The predicted molar refractivity (Wildman–Crippen MR) is 105 cm³/mol. The Morgan fingerprint density at radius 3 is 2.48 bits per heavy atom. The molecule has 4 rings (SSSR count). The Hall–Kier alpha value is -1.59. The zero-order chi connectivity index (χ0) is 19.0. The standard InChI is InChI=1S/C21H21Cl2NO3/c1-2-7-17-24(16(12-26-17)13-8-4-3-5-9-13)21(25)20-19(27-20)18-14(22)10-6-11-15(18)23/h3-6,8-11,16-17,19-20H,2,7,12H2,1H3/t16-,17+,19-,20+/m0/s1. The molecule has 0 radical (unpaired) electrons. The minimum atomic E-state index is -0.574. The van der Waals surface area contributed by atoms with Gasteiger partial charge in [0.25, 0.3) is 5.91 Å². The third kappa shape index (κ3) is 3.59. The molecular formula is C21H21Cl2NO3. The van der Waals surface area contributed by atoms with Crippen LogP contribution in [0.5, 0.6) is 0 Å². The number of carbonyl (C=O) groups is 1. The normalized spacial score (nSPS) is 27.0. The van der Waals surface area contributed by atoms with Crippen molar-refractivity contribution in [1.29, 1.82) is 0 Å². The Kier molecular flexibility index (Phi) is 5.42. The molecule has 0 bridgehead atoms. The Labute approximate surface area is 169 Å². The molecule has 4 atom stereocenters. The molecule has 0 aromatic heterocycles. The van der Waals surface area contributed by atoms with Crippen LogP contribution in [0.3, 0.4) is 0 Å². The van der Waals surface area contributed by atoms with Gasteiger partial charge in [-0.2, -0.15) is 0 Å². The highest BCUT2D eigenvalue weighted by Gasteiger charge is 2.53. The summed E-state index contributed by atoms with van der Waals surface area (Å²) in [6.45, 7) is 2.58. The van der Waals surface area contributed by atoms with Gasteiger partial charge >= 0.3 is 0 Å². The van der Waals surface area contributed by atoms with E-state index in [4.69, 9.17) is 32.7 Å². The van der Waals surface area contributed by atoms with E-state index in [1.165, 1.54) is 0 Å². The molecule has 2 saturated heterocycles. The van der Waals surface area contributed by atoms with Crippen LogP contribution in [0, 0.1) is 0 Å². The Bertz CT molecular complexity index is 809. The molecule has 2 aromatic carbocycles. The second kappa shape index (κ2) is 7.80. The van der Waals surface area contributed by atoms with Gasteiger partial charge in [-0.25, -0.2) is 0 Å². The highest BCUT2D eigenvalue weighted by Crippen LogP contribution is 2.47. The van der Waals surface area contributed by atoms with Crippen LogP contribution in [0.2, 0.25) is 10.0 Å². The van der Waals surface area contributed by atoms with Gasteiger partial charge in [0.2, 0.25) is 0 Å². The second-order valence-electron chi connectivity index (χ2n) is 6.86. The fourth-order valence-corrected chi connectivity index (χ4v) is 4.32. The molecule has 2 fully saturated rings. The molecule has 27 heavy (non-hydrogen) atoms. The number of benzene rings is 2. The molecule has 142 valence electrons. The summed E-state index contributed by atoms with van der Waals surface area (Å²) >= 11 is 12.6. The molecule has 2 aromatic rings. The number of epoxide rings is 1. The zero-order valence-electron chi connectivity index (χ0n) is 15.0. The molecule has 6 heteroatoms. The number of halogens is 2. The Morgan fingerprint density at radius 1 is 1.11 bits per heavy atom. The summed E-state index contributed by atoms with van der Waals surface area (Å²) in [7, 11) is 0. The summed E-state index contributed by atoms with van der Waals surface area (Å²) in [5.74, 6) is -0.0687. The van der Waals surface area contributed by atoms with E-state index in [-0.39, 0.29) is 18.2 Å². The monoisotopic (exact) mass is 405 g/mol. The molecule has 0 N–H and O–H groups in total. The number of carbonyl (C=O) groups excluding carboxylic acids is 1. The van der Waals surface area contributed by atoms with Crippen molar-refractivity contribution in [3.05, 3.63) is 69.7 Å². The molecule has 2 aliphatic heterocycles. The first kappa shape index (κ1) is 18.8. The zero-order valence-corrected chi connectivity index (χ0v) is 16.5. The largest absolute Gasteiger partial charge is 0.356 e. The van der Waals surface area contributed by atoms with Crippen LogP contribution >= 0.6 is 23.2 Å². The molecule has 4 nitrogen and oxygen atoms in total. The minimum Gasteiger partial charge on any atom is -0.356 e. The van der Waals surface area contributed by atoms with Crippen LogP contribution in [0.1, 0.15) is 43.0 Å². The summed E-state index contributed by atoms with van der Waals surface area (Å²) in [4.78, 5) is 15.2. The lowest BCUT2D eigenvalue weighted by Gasteiger charge is -2.28. The number of amides is 1. The maximum absolute atomic E-state index is 13.3. The number of hydrogen-bond donors (Lipinski definition) is 0. The highest BCUT2D eigenvalue weighted by atomic mass is 35.5. The van der Waals surface area contributed by atoms with E-state index in [0.717, 1.165) is 18.4 Å². The van der Waals surface area contributed by atoms with Crippen LogP contribution in [0.25, 0.3) is 0 Å². The average molecular weight is 406 g/mol. The number of rotatable bonds is 5. The van der Waals surface area contributed by atoms with Crippen LogP contribution in [0.15, 0.2) is 48.5 Å². The van der Waals surface area contributed by atoms with Crippen molar-refractivity contribution in [1.82, 2.24) is 4.90 Å². The second-order valence-corrected chi connectivity index (χ2v) is 7.68. The number of ether oxygens (including phenoxy) is 2. The van der Waals surface area contributed by atoms with Gasteiger partial charge in [-0.05, 0) is 24.1 Å². The lowest BCUT2D eigenvalue weighted by Crippen LogP contribution is -2.40. The third-order valence-electron chi connectivity index (χ3n) is 5.09. The van der Waals surface area contributed by atoms with Crippen molar-refractivity contribution in [2.45, 2.75) is 44.2 Å². The molecule has 2 heterocycles. The van der Waals surface area contributed by atoms with E-state index in [9.17, 15) is 4.79 Å². The molecular weight excluding hydrogens is 385 g/mol. The third-order valence-corrected chi connectivity index (χ3v) is 5.75. The summed E-state index contributed by atoms with van der Waals surface area (Å²) < 4.78 is 11.7. The van der Waals surface area contributed by atoms with Crippen molar-refractivity contribution >= 4 is 29.1 Å². The molecule has 2 aliphatic rings. The fraction of sp³-hybridized carbons (Fsp3) is 0.381. The quantitative estimate of drug-likeness (QED) is 0.645. The van der Waals surface area contributed by atoms with Crippen molar-refractivity contribution in [2.75, 3.05) is 6.61 Å². The predicted octanol–water partition coefficient (Wildman–Crippen LogP) is 5.16. The first-order valence-corrected chi connectivity index (χ1v) is 9.95. The minimum absolute atomic E-state index is 0.0687. The topological polar surface area (TPSA) is 42.1 Å². The van der Waals surface area contributed by atoms with Gasteiger partial charge in [0.15, 0.2) is 6.10 Å². The first-order valence-electron chi connectivity index (χ1n) is 9.20. The lowest BCUT2D eigenvalue weighted by molar-refractivity contribution is -0.139. The van der Waals surface area contributed by atoms with Gasteiger partial charge < -0.3 is 14.4 Å². The highest BCUT2D eigenvalue weighted by molar-refractivity contribution is 6.36. The van der Waals surface area contributed by atoms with Crippen LogP contribution < -0.4 is 0 Å². The molecule has 0 aliphatic carbocycles. The summed E-state index contributed by atoms with van der Waals surface area (Å²) in [5, 5.41) is 1.04. The molecule has 0 unspecified atom stereocenters. The average Bonchev–Trinajstić information content (AvgIpc) is 3.34. The first-order chi connectivity index (χ1) is 13.1. The number of hydrogen-bond acceptors (Lipinski definition) is 3. The summed E-state index contributed by atoms with van der Waals surface area (Å²) in [6.07, 6.45) is 0.507. The lowest BCUT2D eigenvalue weighted by atomic mass is 10.0. The van der Waals surface area contributed by atoms with E-state index >= 15 is 0 Å². The SMILES string of the molecule is CCC[C@H]1OC[C@@H](c2ccccc2)N1C(=O)[C@@H]1O[C@H]1c1c(Cl)cccc1Cl. The van der Waals surface area contributed by atoms with Gasteiger partial charge in [0.1, 0.15) is 12.3 Å². The van der Waals surface area contributed by atoms with Crippen LogP contribution in [-0.2, 0) is 14.3 Å². The smallest absolute Gasteiger partial charge is 0.257 e. The van der Waals surface area contributed by atoms with E-state index in [1.54, 1.807) is 18.2 Å². The summed E-state index contributed by atoms with van der Waals surface area (Å²) in [5.41, 5.74) is 1.75. The van der Waals surface area contributed by atoms with E-state index in [1.807, 2.05) is 35.2 Å². The van der Waals surface area contributed by atoms with Crippen LogP contribution in [0.4, 0.5) is 0 Å². The Morgan fingerprint density at radius 2 is 1.81 bits per heavy atom. The van der Waals surface area contributed by atoms with Crippen molar-refractivity contribution < 1.29 is 14.3 Å². The van der Waals surface area contributed by atoms with Crippen molar-refractivity contribution in [2.24, 2.45) is 0 Å². The van der Waals surface area contributed by atoms with E-state index in [0.29, 0.717) is 22.2 Å². The van der Waals surface area contributed by atoms with Gasteiger partial charge in [0, 0.05) is 15.6 Å². The molecule has 1 amide bonds. The van der Waals surface area contributed by atoms with Gasteiger partial charge in [-0.15, -0.1) is 0 Å². The van der Waals surface area contributed by atoms with Gasteiger partial charge in [-0.1, -0.05) is 72.9 Å². The van der Waals surface area contributed by atoms with E-state index < -0.39 is 12.2 Å². The van der Waals surface area contributed by atoms with Gasteiger partial charge in [0.05, 0.1) is 12.6 Å².